The first-order valence-corrected chi connectivity index (χ1v) is 7.54. The summed E-state index contributed by atoms with van der Waals surface area (Å²) in [7, 11) is 1.40. The quantitative estimate of drug-likeness (QED) is 0.804. The van der Waals surface area contributed by atoms with Crippen molar-refractivity contribution >= 4 is 5.97 Å². The third-order valence-corrected chi connectivity index (χ3v) is 3.25. The molecule has 2 aromatic rings. The minimum Gasteiger partial charge on any atom is -0.469 e. The van der Waals surface area contributed by atoms with Crippen LogP contribution in [-0.4, -0.2) is 23.0 Å². The zero-order chi connectivity index (χ0) is 16.5. The van der Waals surface area contributed by atoms with Crippen molar-refractivity contribution in [3.05, 3.63) is 47.5 Å². The molecule has 22 heavy (non-hydrogen) atoms. The second kappa shape index (κ2) is 8.93. The molecule has 0 saturated carbocycles. The Morgan fingerprint density at radius 3 is 2.23 bits per heavy atom. The molecule has 0 amide bonds. The summed E-state index contributed by atoms with van der Waals surface area (Å²) in [5, 5.41) is 0. The van der Waals surface area contributed by atoms with Crippen LogP contribution in [0.5, 0.6) is 0 Å². The largest absolute Gasteiger partial charge is 0.469 e. The molecule has 0 unspecified atom stereocenters. The fourth-order valence-electron chi connectivity index (χ4n) is 2.27. The molecule has 4 heteroatoms. The molecular weight excluding hydrogens is 276 g/mol. The summed E-state index contributed by atoms with van der Waals surface area (Å²) in [4.78, 5) is 19.7. The highest BCUT2D eigenvalue weighted by atomic mass is 16.5. The molecule has 0 spiro atoms. The summed E-state index contributed by atoms with van der Waals surface area (Å²) < 4.78 is 4.66. The zero-order valence-corrected chi connectivity index (χ0v) is 14.0. The van der Waals surface area contributed by atoms with E-state index in [1.807, 2.05) is 46.3 Å². The van der Waals surface area contributed by atoms with Gasteiger partial charge in [-0.25, -0.2) is 0 Å². The van der Waals surface area contributed by atoms with Crippen molar-refractivity contribution in [2.24, 2.45) is 0 Å². The van der Waals surface area contributed by atoms with E-state index in [-0.39, 0.29) is 5.97 Å². The Labute approximate surface area is 132 Å². The molecule has 2 aromatic heterocycles. The maximum absolute atomic E-state index is 11.2. The Morgan fingerprint density at radius 2 is 1.64 bits per heavy atom. The van der Waals surface area contributed by atoms with Gasteiger partial charge in [0.15, 0.2) is 0 Å². The van der Waals surface area contributed by atoms with Crippen molar-refractivity contribution in [1.29, 1.82) is 0 Å². The highest BCUT2D eigenvalue weighted by Crippen LogP contribution is 2.26. The molecule has 4 nitrogen and oxygen atoms in total. The van der Waals surface area contributed by atoms with Gasteiger partial charge in [0.25, 0.3) is 0 Å². The number of rotatable bonds is 4. The normalized spacial score (nSPS) is 9.68. The van der Waals surface area contributed by atoms with E-state index in [0.717, 1.165) is 27.8 Å². The molecular formula is C18H24N2O2. The van der Waals surface area contributed by atoms with Gasteiger partial charge in [-0.05, 0) is 48.6 Å². The minimum atomic E-state index is -0.202. The van der Waals surface area contributed by atoms with Crippen LogP contribution in [0.25, 0.3) is 11.1 Å². The van der Waals surface area contributed by atoms with E-state index in [4.69, 9.17) is 0 Å². The van der Waals surface area contributed by atoms with Crippen LogP contribution < -0.4 is 0 Å². The van der Waals surface area contributed by atoms with Gasteiger partial charge in [0.2, 0.25) is 0 Å². The van der Waals surface area contributed by atoms with Gasteiger partial charge in [-0.15, -0.1) is 0 Å². The van der Waals surface area contributed by atoms with E-state index in [1.165, 1.54) is 7.11 Å². The number of hydrogen-bond donors (Lipinski definition) is 0. The number of hydrogen-bond acceptors (Lipinski definition) is 4. The molecule has 0 aliphatic heterocycles. The molecule has 0 aliphatic rings. The standard InChI is InChI=1S/C16H18N2O2.C2H6/c1-11-7-17-8-12(2)16(11)14-6-13(9-18-10-14)4-5-15(19)20-3;1-2/h6-10H,4-5H2,1-3H3;1-2H3. The monoisotopic (exact) mass is 300 g/mol. The Hall–Kier alpha value is -2.23. The summed E-state index contributed by atoms with van der Waals surface area (Å²) in [6.07, 6.45) is 8.34. The molecule has 0 radical (unpaired) electrons. The van der Waals surface area contributed by atoms with Gasteiger partial charge in [0.1, 0.15) is 0 Å². The van der Waals surface area contributed by atoms with Crippen molar-refractivity contribution in [1.82, 2.24) is 9.97 Å². The van der Waals surface area contributed by atoms with Gasteiger partial charge in [0, 0.05) is 36.8 Å². The molecule has 0 bridgehead atoms. The lowest BCUT2D eigenvalue weighted by Gasteiger charge is -2.10. The van der Waals surface area contributed by atoms with Crippen LogP contribution in [0.15, 0.2) is 30.9 Å². The molecule has 0 fully saturated rings. The van der Waals surface area contributed by atoms with Crippen LogP contribution in [0.2, 0.25) is 0 Å². The number of pyridine rings is 2. The first kappa shape index (κ1) is 17.8. The lowest BCUT2D eigenvalue weighted by atomic mass is 9.98. The summed E-state index contributed by atoms with van der Waals surface area (Å²) >= 11 is 0. The molecule has 0 aliphatic carbocycles. The second-order valence-corrected chi connectivity index (χ2v) is 4.81. The third kappa shape index (κ3) is 4.65. The van der Waals surface area contributed by atoms with Crippen LogP contribution in [0.3, 0.4) is 0 Å². The lowest BCUT2D eigenvalue weighted by Crippen LogP contribution is -2.02. The molecule has 0 aromatic carbocycles. The van der Waals surface area contributed by atoms with Gasteiger partial charge < -0.3 is 4.74 Å². The molecule has 0 N–H and O–H groups in total. The first-order valence-electron chi connectivity index (χ1n) is 7.54. The molecule has 0 atom stereocenters. The Morgan fingerprint density at radius 1 is 1.05 bits per heavy atom. The van der Waals surface area contributed by atoms with E-state index in [0.29, 0.717) is 12.8 Å². The molecule has 0 saturated heterocycles. The predicted octanol–water partition coefficient (Wildman–Crippen LogP) is 3.89. The topological polar surface area (TPSA) is 52.1 Å². The Balaban J connectivity index is 0.00000116. The van der Waals surface area contributed by atoms with Gasteiger partial charge in [-0.1, -0.05) is 13.8 Å². The molecule has 2 rings (SSSR count). The van der Waals surface area contributed by atoms with Gasteiger partial charge in [-0.2, -0.15) is 0 Å². The predicted molar refractivity (Wildman–Crippen MR) is 88.6 cm³/mol. The highest BCUT2D eigenvalue weighted by molar-refractivity contribution is 5.71. The van der Waals surface area contributed by atoms with Crippen molar-refractivity contribution in [3.63, 3.8) is 0 Å². The fraction of sp³-hybridized carbons (Fsp3) is 0.389. The van der Waals surface area contributed by atoms with Crippen LogP contribution >= 0.6 is 0 Å². The van der Waals surface area contributed by atoms with Crippen LogP contribution in [-0.2, 0) is 16.0 Å². The Kier molecular flexibility index (Phi) is 7.23. The zero-order valence-electron chi connectivity index (χ0n) is 14.0. The van der Waals surface area contributed by atoms with Crippen LogP contribution in [0.4, 0.5) is 0 Å². The van der Waals surface area contributed by atoms with Gasteiger partial charge in [-0.3, -0.25) is 14.8 Å². The van der Waals surface area contributed by atoms with Crippen molar-refractivity contribution in [3.8, 4) is 11.1 Å². The maximum Gasteiger partial charge on any atom is 0.305 e. The van der Waals surface area contributed by atoms with E-state index in [2.05, 4.69) is 20.8 Å². The van der Waals surface area contributed by atoms with E-state index >= 15 is 0 Å². The third-order valence-electron chi connectivity index (χ3n) is 3.25. The second-order valence-electron chi connectivity index (χ2n) is 4.81. The van der Waals surface area contributed by atoms with Gasteiger partial charge >= 0.3 is 5.97 Å². The number of esters is 1. The van der Waals surface area contributed by atoms with E-state index in [1.54, 1.807) is 6.20 Å². The summed E-state index contributed by atoms with van der Waals surface area (Å²) in [6.45, 7) is 8.08. The molecule has 118 valence electrons. The summed E-state index contributed by atoms with van der Waals surface area (Å²) in [6, 6.07) is 2.07. The van der Waals surface area contributed by atoms with Crippen LogP contribution in [0, 0.1) is 13.8 Å². The van der Waals surface area contributed by atoms with Gasteiger partial charge in [0.05, 0.1) is 7.11 Å². The number of aromatic nitrogens is 2. The number of carbonyl (C=O) groups is 1. The Bertz CT molecular complexity index is 604. The lowest BCUT2D eigenvalue weighted by molar-refractivity contribution is -0.140. The summed E-state index contributed by atoms with van der Waals surface area (Å²) in [5.41, 5.74) is 5.49. The number of carbonyl (C=O) groups excluding carboxylic acids is 1. The number of nitrogens with zero attached hydrogens (tertiary/aromatic N) is 2. The smallest absolute Gasteiger partial charge is 0.305 e. The minimum absolute atomic E-state index is 0.202. The van der Waals surface area contributed by atoms with E-state index in [9.17, 15) is 4.79 Å². The van der Waals surface area contributed by atoms with Crippen molar-refractivity contribution in [2.75, 3.05) is 7.11 Å². The van der Waals surface area contributed by atoms with Crippen LogP contribution in [0.1, 0.15) is 37.0 Å². The number of methoxy groups -OCH3 is 1. The SMILES string of the molecule is CC.COC(=O)CCc1cncc(-c2c(C)cncc2C)c1. The fourth-order valence-corrected chi connectivity index (χ4v) is 2.27. The average Bonchev–Trinajstić information content (AvgIpc) is 2.55. The highest BCUT2D eigenvalue weighted by Gasteiger charge is 2.08. The number of ether oxygens (including phenoxy) is 1. The average molecular weight is 300 g/mol. The van der Waals surface area contributed by atoms with Crippen molar-refractivity contribution in [2.45, 2.75) is 40.5 Å². The molecule has 2 heterocycles. The van der Waals surface area contributed by atoms with E-state index < -0.39 is 0 Å². The number of aryl methyl sites for hydroxylation is 3. The van der Waals surface area contributed by atoms with Crippen molar-refractivity contribution < 1.29 is 9.53 Å². The summed E-state index contributed by atoms with van der Waals surface area (Å²) in [5.74, 6) is -0.202. The maximum atomic E-state index is 11.2. The first-order chi connectivity index (χ1) is 10.6.